The first-order valence-corrected chi connectivity index (χ1v) is 12.0. The van der Waals surface area contributed by atoms with E-state index in [-0.39, 0.29) is 5.82 Å². The highest BCUT2D eigenvalue weighted by atomic mass is 19.1. The van der Waals surface area contributed by atoms with Crippen molar-refractivity contribution in [2.45, 2.75) is 6.61 Å². The van der Waals surface area contributed by atoms with Crippen molar-refractivity contribution in [2.75, 3.05) is 0 Å². The Morgan fingerprint density at radius 1 is 0.784 bits per heavy atom. The maximum atomic E-state index is 13.8. The Morgan fingerprint density at radius 3 is 2.35 bits per heavy atom. The molecule has 0 bridgehead atoms. The van der Waals surface area contributed by atoms with E-state index in [2.05, 4.69) is 16.1 Å². The van der Waals surface area contributed by atoms with Gasteiger partial charge in [0.05, 0.1) is 5.69 Å². The Labute approximate surface area is 213 Å². The van der Waals surface area contributed by atoms with E-state index in [1.807, 2.05) is 73.9 Å². The van der Waals surface area contributed by atoms with Crippen LogP contribution in [0.15, 0.2) is 110 Å². The van der Waals surface area contributed by atoms with E-state index in [1.165, 1.54) is 12.1 Å². The van der Waals surface area contributed by atoms with Crippen LogP contribution in [0.2, 0.25) is 0 Å². The van der Waals surface area contributed by atoms with Crippen molar-refractivity contribution >= 4 is 11.0 Å². The fourth-order valence-corrected chi connectivity index (χ4v) is 4.55. The van der Waals surface area contributed by atoms with Crippen LogP contribution in [-0.4, -0.2) is 19.7 Å². The molecule has 0 fully saturated rings. The second-order valence-electron chi connectivity index (χ2n) is 8.80. The van der Waals surface area contributed by atoms with Crippen molar-refractivity contribution < 1.29 is 9.13 Å². The number of benzene rings is 3. The zero-order chi connectivity index (χ0) is 25.2. The van der Waals surface area contributed by atoms with Gasteiger partial charge in [-0.2, -0.15) is 5.10 Å². The Morgan fingerprint density at radius 2 is 1.57 bits per heavy atom. The highest BCUT2D eigenvalue weighted by Crippen LogP contribution is 2.43. The molecule has 6 rings (SSSR count). The lowest BCUT2D eigenvalue weighted by atomic mass is 9.89. The number of aromatic nitrogens is 4. The second kappa shape index (κ2) is 9.66. The van der Waals surface area contributed by atoms with Crippen LogP contribution >= 0.6 is 0 Å². The van der Waals surface area contributed by atoms with Crippen molar-refractivity contribution in [3.8, 4) is 39.3 Å². The van der Waals surface area contributed by atoms with Gasteiger partial charge in [0.2, 0.25) is 0 Å². The highest BCUT2D eigenvalue weighted by Gasteiger charge is 2.21. The van der Waals surface area contributed by atoms with E-state index in [0.717, 1.165) is 50.2 Å². The van der Waals surface area contributed by atoms with Crippen LogP contribution in [0.1, 0.15) is 5.56 Å². The van der Waals surface area contributed by atoms with Gasteiger partial charge in [0.15, 0.2) is 5.65 Å². The van der Waals surface area contributed by atoms with Gasteiger partial charge >= 0.3 is 0 Å². The zero-order valence-electron chi connectivity index (χ0n) is 20.2. The summed E-state index contributed by atoms with van der Waals surface area (Å²) in [6.45, 7) is 0.473. The number of halogens is 1. The number of hydrogen-bond acceptors (Lipinski definition) is 4. The number of aryl methyl sites for hydroxylation is 1. The molecule has 5 nitrogen and oxygen atoms in total. The Balaban J connectivity index is 1.57. The maximum Gasteiger partial charge on any atom is 0.182 e. The molecular weight excluding hydrogens is 463 g/mol. The van der Waals surface area contributed by atoms with Gasteiger partial charge in [-0.1, -0.05) is 42.5 Å². The Hall–Kier alpha value is -4.84. The van der Waals surface area contributed by atoms with Gasteiger partial charge in [-0.3, -0.25) is 9.67 Å². The normalized spacial score (nSPS) is 11.1. The molecule has 180 valence electrons. The van der Waals surface area contributed by atoms with Crippen LogP contribution in [-0.2, 0) is 13.7 Å². The highest BCUT2D eigenvalue weighted by molar-refractivity contribution is 6.06. The van der Waals surface area contributed by atoms with E-state index < -0.39 is 0 Å². The second-order valence-corrected chi connectivity index (χ2v) is 8.80. The summed E-state index contributed by atoms with van der Waals surface area (Å²) in [6, 6.07) is 28.5. The van der Waals surface area contributed by atoms with Crippen LogP contribution in [0.25, 0.3) is 44.5 Å². The summed E-state index contributed by atoms with van der Waals surface area (Å²) >= 11 is 0. The quantitative estimate of drug-likeness (QED) is 0.252. The molecule has 0 spiro atoms. The van der Waals surface area contributed by atoms with Crippen LogP contribution in [0.4, 0.5) is 4.39 Å². The minimum absolute atomic E-state index is 0.295. The van der Waals surface area contributed by atoms with Crippen molar-refractivity contribution in [3.05, 3.63) is 121 Å². The van der Waals surface area contributed by atoms with E-state index in [1.54, 1.807) is 29.2 Å². The third kappa shape index (κ3) is 4.57. The van der Waals surface area contributed by atoms with Crippen LogP contribution in [0.3, 0.4) is 0 Å². The fraction of sp³-hybridized carbons (Fsp3) is 0.0645. The number of fused-ring (bicyclic) bond motifs is 1. The average Bonchev–Trinajstić information content (AvgIpc) is 3.32. The van der Waals surface area contributed by atoms with Crippen LogP contribution < -0.4 is 4.74 Å². The fourth-order valence-electron chi connectivity index (χ4n) is 4.55. The molecule has 6 aromatic rings. The smallest absolute Gasteiger partial charge is 0.182 e. The molecule has 3 aromatic carbocycles. The first-order chi connectivity index (χ1) is 18.2. The molecule has 0 N–H and O–H groups in total. The summed E-state index contributed by atoms with van der Waals surface area (Å²) in [6.07, 6.45) is 5.51. The van der Waals surface area contributed by atoms with Gasteiger partial charge in [-0.25, -0.2) is 9.37 Å². The lowest BCUT2D eigenvalue weighted by molar-refractivity contribution is 0.306. The Kier molecular flexibility index (Phi) is 5.91. The van der Waals surface area contributed by atoms with Gasteiger partial charge in [0, 0.05) is 47.7 Å². The lowest BCUT2D eigenvalue weighted by Crippen LogP contribution is -1.98. The van der Waals surface area contributed by atoms with Gasteiger partial charge in [0.1, 0.15) is 18.2 Å². The molecule has 0 saturated heterocycles. The van der Waals surface area contributed by atoms with Crippen molar-refractivity contribution in [1.29, 1.82) is 0 Å². The molecule has 0 radical (unpaired) electrons. The third-order valence-corrected chi connectivity index (χ3v) is 6.24. The first-order valence-electron chi connectivity index (χ1n) is 12.0. The average molecular weight is 487 g/mol. The summed E-state index contributed by atoms with van der Waals surface area (Å²) in [5.41, 5.74) is 7.08. The van der Waals surface area contributed by atoms with Crippen molar-refractivity contribution in [1.82, 2.24) is 19.7 Å². The molecular formula is C31H23FN4O. The molecule has 3 aromatic heterocycles. The van der Waals surface area contributed by atoms with Gasteiger partial charge < -0.3 is 4.74 Å². The SMILES string of the molecule is Cn1cc2c(-c3cccc(OCc4ccccc4)c3)c(-c3ccncc3)c(-c3ccc(F)cc3)nc2n1. The predicted octanol–water partition coefficient (Wildman–Crippen LogP) is 7.08. The molecule has 0 saturated carbocycles. The molecule has 37 heavy (non-hydrogen) atoms. The molecule has 6 heteroatoms. The Bertz CT molecular complexity index is 1680. The minimum atomic E-state index is -0.295. The first kappa shape index (κ1) is 22.6. The molecule has 0 unspecified atom stereocenters. The molecule has 3 heterocycles. The summed E-state index contributed by atoms with van der Waals surface area (Å²) in [5, 5.41) is 5.54. The topological polar surface area (TPSA) is 52.8 Å². The third-order valence-electron chi connectivity index (χ3n) is 6.24. The van der Waals surface area contributed by atoms with Crippen LogP contribution in [0, 0.1) is 5.82 Å². The molecule has 0 atom stereocenters. The molecule has 0 aliphatic carbocycles. The standard InChI is InChI=1S/C31H23FN4O/c1-36-19-27-28(24-8-5-9-26(18-24)37-20-21-6-3-2-4-7-21)29(22-14-16-33-17-15-22)30(34-31(27)35-36)23-10-12-25(32)13-11-23/h2-19H,20H2,1H3. The number of nitrogens with zero attached hydrogens (tertiary/aromatic N) is 4. The zero-order valence-corrected chi connectivity index (χ0v) is 20.2. The molecule has 0 aliphatic rings. The van der Waals surface area contributed by atoms with E-state index in [4.69, 9.17) is 9.72 Å². The minimum Gasteiger partial charge on any atom is -0.489 e. The van der Waals surface area contributed by atoms with E-state index in [0.29, 0.717) is 12.3 Å². The molecule has 0 aliphatic heterocycles. The summed E-state index contributed by atoms with van der Waals surface area (Å²) in [4.78, 5) is 9.17. The number of rotatable bonds is 6. The molecule has 0 amide bonds. The maximum absolute atomic E-state index is 13.8. The summed E-state index contributed by atoms with van der Waals surface area (Å²) < 4.78 is 21.7. The van der Waals surface area contributed by atoms with Gasteiger partial charge in [-0.05, 0) is 65.2 Å². The van der Waals surface area contributed by atoms with E-state index >= 15 is 0 Å². The largest absolute Gasteiger partial charge is 0.489 e. The number of hydrogen-bond donors (Lipinski definition) is 0. The monoisotopic (exact) mass is 486 g/mol. The van der Waals surface area contributed by atoms with E-state index in [9.17, 15) is 4.39 Å². The number of ether oxygens (including phenoxy) is 1. The van der Waals surface area contributed by atoms with Gasteiger partial charge in [-0.15, -0.1) is 0 Å². The van der Waals surface area contributed by atoms with Crippen molar-refractivity contribution in [2.24, 2.45) is 7.05 Å². The van der Waals surface area contributed by atoms with Crippen molar-refractivity contribution in [3.63, 3.8) is 0 Å². The predicted molar refractivity (Wildman–Crippen MR) is 143 cm³/mol. The van der Waals surface area contributed by atoms with Gasteiger partial charge in [0.25, 0.3) is 0 Å². The lowest BCUT2D eigenvalue weighted by Gasteiger charge is -2.17. The summed E-state index contributed by atoms with van der Waals surface area (Å²) in [5.74, 6) is 0.468. The summed E-state index contributed by atoms with van der Waals surface area (Å²) in [7, 11) is 1.88. The number of pyridine rings is 2. The van der Waals surface area contributed by atoms with Crippen LogP contribution in [0.5, 0.6) is 5.75 Å².